The number of hydrogen-bond acceptors (Lipinski definition) is 4. The van der Waals surface area contributed by atoms with Crippen LogP contribution in [-0.2, 0) is 6.54 Å². The van der Waals surface area contributed by atoms with Gasteiger partial charge in [-0.05, 0) is 53.4 Å². The van der Waals surface area contributed by atoms with Gasteiger partial charge in [-0.3, -0.25) is 9.89 Å². The molecular formula is C18H28BrIN4O2. The molecule has 0 spiro atoms. The molecule has 2 N–H and O–H groups in total. The van der Waals surface area contributed by atoms with E-state index in [0.717, 1.165) is 40.6 Å². The number of rotatable bonds is 4. The van der Waals surface area contributed by atoms with Crippen molar-refractivity contribution in [1.82, 2.24) is 15.5 Å². The summed E-state index contributed by atoms with van der Waals surface area (Å²) in [6, 6.07) is 5.05. The first-order chi connectivity index (χ1) is 12.0. The fraction of sp³-hybridized carbons (Fsp3) is 0.611. The minimum atomic E-state index is 0. The molecule has 6 nitrogen and oxygen atoms in total. The number of nitrogens with one attached hydrogen (secondary N) is 2. The Morgan fingerprint density at radius 3 is 2.77 bits per heavy atom. The third kappa shape index (κ3) is 4.95. The quantitative estimate of drug-likeness (QED) is 0.350. The number of hydrogen-bond donors (Lipinski definition) is 2. The predicted octanol–water partition coefficient (Wildman–Crippen LogP) is 3.19. The summed E-state index contributed by atoms with van der Waals surface area (Å²) in [5, 5.41) is 6.97. The summed E-state index contributed by atoms with van der Waals surface area (Å²) in [4.78, 5) is 6.88. The molecule has 1 saturated heterocycles. The molecule has 2 aliphatic heterocycles. The molecule has 3 rings (SSSR count). The molecule has 0 amide bonds. The minimum Gasteiger partial charge on any atom is -0.454 e. The highest BCUT2D eigenvalue weighted by Gasteiger charge is 2.31. The van der Waals surface area contributed by atoms with Crippen molar-refractivity contribution >= 4 is 45.9 Å². The van der Waals surface area contributed by atoms with E-state index in [1.54, 1.807) is 0 Å². The van der Waals surface area contributed by atoms with Crippen LogP contribution in [0.3, 0.4) is 0 Å². The zero-order valence-electron chi connectivity index (χ0n) is 15.7. The molecule has 2 unspecified atom stereocenters. The molecule has 0 radical (unpaired) electrons. The van der Waals surface area contributed by atoms with Gasteiger partial charge in [-0.15, -0.1) is 24.0 Å². The molecule has 1 aromatic carbocycles. The number of guanidine groups is 1. The van der Waals surface area contributed by atoms with Crippen molar-refractivity contribution in [2.45, 2.75) is 39.4 Å². The Bertz CT molecular complexity index is 656. The highest BCUT2D eigenvalue weighted by Crippen LogP contribution is 2.39. The normalized spacial score (nSPS) is 22.5. The maximum Gasteiger partial charge on any atom is 0.231 e. The second-order valence-electron chi connectivity index (χ2n) is 7.01. The molecule has 26 heavy (non-hydrogen) atoms. The summed E-state index contributed by atoms with van der Waals surface area (Å²) >= 11 is 3.54. The van der Waals surface area contributed by atoms with Crippen molar-refractivity contribution in [1.29, 1.82) is 0 Å². The van der Waals surface area contributed by atoms with Gasteiger partial charge in [0, 0.05) is 38.8 Å². The number of aliphatic imine (C=N–C) groups is 1. The van der Waals surface area contributed by atoms with E-state index in [-0.39, 0.29) is 30.8 Å². The Kier molecular flexibility index (Phi) is 7.84. The number of ether oxygens (including phenoxy) is 2. The third-order valence-electron chi connectivity index (χ3n) is 4.86. The van der Waals surface area contributed by atoms with Gasteiger partial charge in [0.25, 0.3) is 0 Å². The van der Waals surface area contributed by atoms with Crippen LogP contribution in [0.5, 0.6) is 11.5 Å². The number of nitrogens with zero attached hydrogens (tertiary/aromatic N) is 2. The van der Waals surface area contributed by atoms with Gasteiger partial charge in [0.2, 0.25) is 6.79 Å². The Morgan fingerprint density at radius 1 is 1.35 bits per heavy atom. The molecule has 0 bridgehead atoms. The lowest BCUT2D eigenvalue weighted by molar-refractivity contribution is 0.173. The van der Waals surface area contributed by atoms with Crippen LogP contribution in [0.2, 0.25) is 0 Å². The number of halogens is 2. The van der Waals surface area contributed by atoms with E-state index in [0.29, 0.717) is 24.5 Å². The number of benzene rings is 1. The first kappa shape index (κ1) is 21.6. The smallest absolute Gasteiger partial charge is 0.231 e. The number of likely N-dealkylation sites (tertiary alicyclic amines) is 1. The molecule has 2 aliphatic rings. The topological polar surface area (TPSA) is 58.1 Å². The summed E-state index contributed by atoms with van der Waals surface area (Å²) in [7, 11) is 1.81. The van der Waals surface area contributed by atoms with Gasteiger partial charge in [0.15, 0.2) is 17.5 Å². The van der Waals surface area contributed by atoms with Crippen molar-refractivity contribution < 1.29 is 9.47 Å². The van der Waals surface area contributed by atoms with Gasteiger partial charge in [-0.2, -0.15) is 0 Å². The molecule has 2 atom stereocenters. The van der Waals surface area contributed by atoms with Crippen LogP contribution >= 0.6 is 39.9 Å². The summed E-state index contributed by atoms with van der Waals surface area (Å²) in [6.45, 7) is 9.92. The molecule has 146 valence electrons. The molecule has 0 aromatic heterocycles. The summed E-state index contributed by atoms with van der Waals surface area (Å²) < 4.78 is 11.8. The van der Waals surface area contributed by atoms with Crippen LogP contribution in [0.4, 0.5) is 0 Å². The van der Waals surface area contributed by atoms with Crippen LogP contribution in [0.25, 0.3) is 0 Å². The molecule has 2 heterocycles. The standard InChI is InChI=1S/C18H27BrN4O2.HI/c1-11(2)23-8-12(3)15(9-23)22-18(20-4)21-7-13-5-14(19)17-16(6-13)24-10-25-17;/h5-6,11-12,15H,7-10H2,1-4H3,(H2,20,21,22);1H. The predicted molar refractivity (Wildman–Crippen MR) is 119 cm³/mol. The summed E-state index contributed by atoms with van der Waals surface area (Å²) in [5.74, 6) is 2.99. The molecular weight excluding hydrogens is 511 g/mol. The molecule has 0 aliphatic carbocycles. The first-order valence-corrected chi connectivity index (χ1v) is 9.56. The fourth-order valence-electron chi connectivity index (χ4n) is 3.29. The summed E-state index contributed by atoms with van der Waals surface area (Å²) in [5.41, 5.74) is 1.11. The second-order valence-corrected chi connectivity index (χ2v) is 7.87. The van der Waals surface area contributed by atoms with Crippen LogP contribution < -0.4 is 20.1 Å². The van der Waals surface area contributed by atoms with Crippen molar-refractivity contribution in [2.24, 2.45) is 10.9 Å². The maximum absolute atomic E-state index is 5.48. The maximum atomic E-state index is 5.48. The van der Waals surface area contributed by atoms with Crippen LogP contribution in [0.1, 0.15) is 26.3 Å². The van der Waals surface area contributed by atoms with Crippen molar-refractivity contribution in [2.75, 3.05) is 26.9 Å². The van der Waals surface area contributed by atoms with E-state index in [1.165, 1.54) is 0 Å². The Hall–Kier alpha value is -0.740. The third-order valence-corrected chi connectivity index (χ3v) is 5.45. The fourth-order valence-corrected chi connectivity index (χ4v) is 3.90. The van der Waals surface area contributed by atoms with Gasteiger partial charge in [0.05, 0.1) is 4.47 Å². The summed E-state index contributed by atoms with van der Waals surface area (Å²) in [6.07, 6.45) is 0. The van der Waals surface area contributed by atoms with Crippen LogP contribution in [-0.4, -0.2) is 49.9 Å². The lowest BCUT2D eigenvalue weighted by Crippen LogP contribution is -2.46. The van der Waals surface area contributed by atoms with Gasteiger partial charge in [0.1, 0.15) is 0 Å². The molecule has 0 saturated carbocycles. The van der Waals surface area contributed by atoms with Crippen molar-refractivity contribution in [3.63, 3.8) is 0 Å². The van der Waals surface area contributed by atoms with E-state index < -0.39 is 0 Å². The van der Waals surface area contributed by atoms with Gasteiger partial charge >= 0.3 is 0 Å². The van der Waals surface area contributed by atoms with E-state index >= 15 is 0 Å². The molecule has 8 heteroatoms. The monoisotopic (exact) mass is 538 g/mol. The highest BCUT2D eigenvalue weighted by atomic mass is 127. The zero-order chi connectivity index (χ0) is 18.0. The minimum absolute atomic E-state index is 0. The highest BCUT2D eigenvalue weighted by molar-refractivity contribution is 14.0. The van der Waals surface area contributed by atoms with E-state index in [1.807, 2.05) is 19.2 Å². The molecule has 1 fully saturated rings. The SMILES string of the molecule is CN=C(NCc1cc(Br)c2c(c1)OCO2)NC1CN(C(C)C)CC1C.I. The van der Waals surface area contributed by atoms with Gasteiger partial charge < -0.3 is 20.1 Å². The zero-order valence-corrected chi connectivity index (χ0v) is 19.6. The Morgan fingerprint density at radius 2 is 2.12 bits per heavy atom. The largest absolute Gasteiger partial charge is 0.454 e. The van der Waals surface area contributed by atoms with Gasteiger partial charge in [-0.1, -0.05) is 6.92 Å². The Balaban J connectivity index is 0.00000243. The van der Waals surface area contributed by atoms with Crippen LogP contribution in [0, 0.1) is 5.92 Å². The average Bonchev–Trinajstić information content (AvgIpc) is 3.18. The van der Waals surface area contributed by atoms with Gasteiger partial charge in [-0.25, -0.2) is 0 Å². The number of fused-ring (bicyclic) bond motifs is 1. The average molecular weight is 539 g/mol. The van der Waals surface area contributed by atoms with Crippen molar-refractivity contribution in [3.8, 4) is 11.5 Å². The first-order valence-electron chi connectivity index (χ1n) is 8.77. The van der Waals surface area contributed by atoms with E-state index in [9.17, 15) is 0 Å². The van der Waals surface area contributed by atoms with Crippen LogP contribution in [0.15, 0.2) is 21.6 Å². The lowest BCUT2D eigenvalue weighted by Gasteiger charge is -2.22. The lowest BCUT2D eigenvalue weighted by atomic mass is 10.1. The second kappa shape index (κ2) is 9.45. The Labute approximate surface area is 181 Å². The molecule has 1 aromatic rings. The van der Waals surface area contributed by atoms with E-state index in [4.69, 9.17) is 9.47 Å². The van der Waals surface area contributed by atoms with E-state index in [2.05, 4.69) is 57.2 Å². The van der Waals surface area contributed by atoms with Crippen molar-refractivity contribution in [3.05, 3.63) is 22.2 Å².